The van der Waals surface area contributed by atoms with Gasteiger partial charge in [0.15, 0.2) is 0 Å². The predicted molar refractivity (Wildman–Crippen MR) is 50.0 cm³/mol. The lowest BCUT2D eigenvalue weighted by atomic mass is 10.1. The highest BCUT2D eigenvalue weighted by Gasteiger charge is 2.30. The number of anilines is 2. The molecule has 0 aliphatic rings. The summed E-state index contributed by atoms with van der Waals surface area (Å²) in [5.74, 6) is 0. The average Bonchev–Trinajstić information content (AvgIpc) is 2.07. The van der Waals surface area contributed by atoms with E-state index in [1.165, 1.54) is 6.07 Å². The second-order valence-electron chi connectivity index (χ2n) is 2.83. The van der Waals surface area contributed by atoms with E-state index < -0.39 is 11.7 Å². The molecule has 78 valence electrons. The maximum Gasteiger partial charge on any atom is 0.416 e. The van der Waals surface area contributed by atoms with Gasteiger partial charge in [-0.15, -0.1) is 0 Å². The van der Waals surface area contributed by atoms with Crippen molar-refractivity contribution in [3.63, 3.8) is 0 Å². The Bertz CT molecular complexity index is 320. The van der Waals surface area contributed by atoms with Crippen molar-refractivity contribution in [2.45, 2.75) is 13.1 Å². The summed E-state index contributed by atoms with van der Waals surface area (Å²) in [6, 6.07) is 3.23. The molecule has 1 aromatic rings. The van der Waals surface area contributed by atoms with E-state index in [4.69, 9.17) is 5.73 Å². The first-order valence-corrected chi connectivity index (χ1v) is 4.15. The molecule has 0 atom stereocenters. The SMILES string of the molecule is CCNc1cc(C(F)(F)F)ccc1N. The van der Waals surface area contributed by atoms with Crippen LogP contribution in [0.5, 0.6) is 0 Å². The summed E-state index contributed by atoms with van der Waals surface area (Å²) in [5, 5.41) is 2.76. The van der Waals surface area contributed by atoms with E-state index in [2.05, 4.69) is 5.32 Å². The summed E-state index contributed by atoms with van der Waals surface area (Å²) in [4.78, 5) is 0. The van der Waals surface area contributed by atoms with E-state index in [0.717, 1.165) is 12.1 Å². The van der Waals surface area contributed by atoms with Crippen molar-refractivity contribution in [3.8, 4) is 0 Å². The number of nitrogens with one attached hydrogen (secondary N) is 1. The normalized spacial score (nSPS) is 11.4. The summed E-state index contributed by atoms with van der Waals surface area (Å²) >= 11 is 0. The van der Waals surface area contributed by atoms with E-state index in [1.807, 2.05) is 0 Å². The van der Waals surface area contributed by atoms with Gasteiger partial charge in [0.1, 0.15) is 0 Å². The number of nitrogens with two attached hydrogens (primary N) is 1. The molecule has 0 amide bonds. The number of rotatable bonds is 2. The molecule has 0 fully saturated rings. The first-order valence-electron chi connectivity index (χ1n) is 4.15. The van der Waals surface area contributed by atoms with E-state index in [0.29, 0.717) is 17.9 Å². The van der Waals surface area contributed by atoms with Crippen LogP contribution >= 0.6 is 0 Å². The van der Waals surface area contributed by atoms with E-state index in [9.17, 15) is 13.2 Å². The maximum absolute atomic E-state index is 12.3. The van der Waals surface area contributed by atoms with Crippen LogP contribution in [-0.4, -0.2) is 6.54 Å². The van der Waals surface area contributed by atoms with Gasteiger partial charge in [-0.05, 0) is 25.1 Å². The van der Waals surface area contributed by atoms with Crippen LogP contribution in [0.25, 0.3) is 0 Å². The molecular formula is C9H11F3N2. The van der Waals surface area contributed by atoms with Crippen molar-refractivity contribution in [2.75, 3.05) is 17.6 Å². The smallest absolute Gasteiger partial charge is 0.397 e. The van der Waals surface area contributed by atoms with Crippen LogP contribution in [0.15, 0.2) is 18.2 Å². The molecule has 0 unspecified atom stereocenters. The molecule has 1 aromatic carbocycles. The molecule has 0 saturated carbocycles. The number of hydrogen-bond donors (Lipinski definition) is 2. The molecule has 0 aliphatic heterocycles. The van der Waals surface area contributed by atoms with Crippen LogP contribution in [0.2, 0.25) is 0 Å². The number of hydrogen-bond acceptors (Lipinski definition) is 2. The van der Waals surface area contributed by atoms with Gasteiger partial charge in [-0.1, -0.05) is 0 Å². The highest BCUT2D eigenvalue weighted by Crippen LogP contribution is 2.32. The third kappa shape index (κ3) is 2.31. The number of alkyl halides is 3. The molecule has 1 rings (SSSR count). The second kappa shape index (κ2) is 3.77. The number of halogens is 3. The van der Waals surface area contributed by atoms with Crippen LogP contribution < -0.4 is 11.1 Å². The Kier molecular flexibility index (Phi) is 2.88. The number of nitrogen functional groups attached to an aromatic ring is 1. The van der Waals surface area contributed by atoms with E-state index in [-0.39, 0.29) is 0 Å². The Morgan fingerprint density at radius 1 is 1.36 bits per heavy atom. The maximum atomic E-state index is 12.3. The monoisotopic (exact) mass is 204 g/mol. The zero-order valence-electron chi connectivity index (χ0n) is 7.65. The molecular weight excluding hydrogens is 193 g/mol. The second-order valence-corrected chi connectivity index (χ2v) is 2.83. The minimum absolute atomic E-state index is 0.319. The van der Waals surface area contributed by atoms with Crippen LogP contribution in [0.1, 0.15) is 12.5 Å². The summed E-state index contributed by atoms with van der Waals surface area (Å²) in [6.07, 6.45) is -4.32. The van der Waals surface area contributed by atoms with Gasteiger partial charge in [0.25, 0.3) is 0 Å². The van der Waals surface area contributed by atoms with Gasteiger partial charge in [-0.3, -0.25) is 0 Å². The average molecular weight is 204 g/mol. The van der Waals surface area contributed by atoms with Crippen molar-refractivity contribution in [3.05, 3.63) is 23.8 Å². The molecule has 0 aliphatic carbocycles. The van der Waals surface area contributed by atoms with Gasteiger partial charge >= 0.3 is 6.18 Å². The van der Waals surface area contributed by atoms with E-state index >= 15 is 0 Å². The largest absolute Gasteiger partial charge is 0.416 e. The summed E-state index contributed by atoms with van der Waals surface area (Å²) in [5.41, 5.74) is 5.44. The molecule has 0 aromatic heterocycles. The van der Waals surface area contributed by atoms with Crippen molar-refractivity contribution in [1.82, 2.24) is 0 Å². The molecule has 14 heavy (non-hydrogen) atoms. The molecule has 0 bridgehead atoms. The Morgan fingerprint density at radius 3 is 2.50 bits per heavy atom. The fourth-order valence-electron chi connectivity index (χ4n) is 1.08. The standard InChI is InChI=1S/C9H11F3N2/c1-2-14-8-5-6(9(10,11)12)3-4-7(8)13/h3-5,14H,2,13H2,1H3. The van der Waals surface area contributed by atoms with Crippen LogP contribution in [0, 0.1) is 0 Å². The highest BCUT2D eigenvalue weighted by atomic mass is 19.4. The lowest BCUT2D eigenvalue weighted by Gasteiger charge is -2.11. The fourth-order valence-corrected chi connectivity index (χ4v) is 1.08. The Balaban J connectivity index is 3.06. The highest BCUT2D eigenvalue weighted by molar-refractivity contribution is 5.67. The van der Waals surface area contributed by atoms with Gasteiger partial charge in [0, 0.05) is 6.54 Å². The molecule has 0 radical (unpaired) electrons. The fraction of sp³-hybridized carbons (Fsp3) is 0.333. The van der Waals surface area contributed by atoms with Crippen LogP contribution in [0.4, 0.5) is 24.5 Å². The zero-order chi connectivity index (χ0) is 10.8. The van der Waals surface area contributed by atoms with Crippen LogP contribution in [0.3, 0.4) is 0 Å². The minimum atomic E-state index is -4.32. The molecule has 0 saturated heterocycles. The quantitative estimate of drug-likeness (QED) is 0.727. The summed E-state index contributed by atoms with van der Waals surface area (Å²) in [7, 11) is 0. The van der Waals surface area contributed by atoms with Gasteiger partial charge in [-0.25, -0.2) is 0 Å². The first kappa shape index (κ1) is 10.7. The Labute approximate surface area is 79.9 Å². The summed E-state index contributed by atoms with van der Waals surface area (Å²) < 4.78 is 36.8. The van der Waals surface area contributed by atoms with Crippen molar-refractivity contribution < 1.29 is 13.2 Å². The zero-order valence-corrected chi connectivity index (χ0v) is 7.65. The van der Waals surface area contributed by atoms with E-state index in [1.54, 1.807) is 6.92 Å². The molecule has 0 heterocycles. The lowest BCUT2D eigenvalue weighted by Crippen LogP contribution is -2.08. The van der Waals surface area contributed by atoms with Gasteiger partial charge in [0.05, 0.1) is 16.9 Å². The molecule has 3 N–H and O–H groups in total. The van der Waals surface area contributed by atoms with Gasteiger partial charge in [0.2, 0.25) is 0 Å². The van der Waals surface area contributed by atoms with Crippen molar-refractivity contribution in [1.29, 1.82) is 0 Å². The Hall–Kier alpha value is -1.39. The van der Waals surface area contributed by atoms with Gasteiger partial charge in [-0.2, -0.15) is 13.2 Å². The third-order valence-electron chi connectivity index (χ3n) is 1.75. The topological polar surface area (TPSA) is 38.0 Å². The van der Waals surface area contributed by atoms with Gasteiger partial charge < -0.3 is 11.1 Å². The molecule has 5 heteroatoms. The molecule has 0 spiro atoms. The van der Waals surface area contributed by atoms with Crippen molar-refractivity contribution in [2.24, 2.45) is 0 Å². The predicted octanol–water partition coefficient (Wildman–Crippen LogP) is 2.72. The minimum Gasteiger partial charge on any atom is -0.397 e. The van der Waals surface area contributed by atoms with Crippen molar-refractivity contribution >= 4 is 11.4 Å². The third-order valence-corrected chi connectivity index (χ3v) is 1.75. The number of benzene rings is 1. The first-order chi connectivity index (χ1) is 6.45. The Morgan fingerprint density at radius 2 is 2.00 bits per heavy atom. The summed E-state index contributed by atoms with van der Waals surface area (Å²) in [6.45, 7) is 2.32. The van der Waals surface area contributed by atoms with Crippen LogP contribution in [-0.2, 0) is 6.18 Å². The lowest BCUT2D eigenvalue weighted by molar-refractivity contribution is -0.137. The molecule has 2 nitrogen and oxygen atoms in total.